The molecular weight excluding hydrogens is 362 g/mol. The van der Waals surface area contributed by atoms with Crippen LogP contribution in [0.1, 0.15) is 61.3 Å². The molecule has 0 atom stereocenters. The molecule has 0 radical (unpaired) electrons. The van der Waals surface area contributed by atoms with Gasteiger partial charge in [-0.15, -0.1) is 0 Å². The number of aromatic nitrogens is 4. The summed E-state index contributed by atoms with van der Waals surface area (Å²) in [7, 11) is 0. The molecule has 1 aliphatic rings. The Kier molecular flexibility index (Phi) is 5.26. The van der Waals surface area contributed by atoms with Gasteiger partial charge in [0, 0.05) is 68.3 Å². The molecule has 0 N–H and O–H groups in total. The van der Waals surface area contributed by atoms with E-state index in [2.05, 4.69) is 39.9 Å². The molecule has 0 bridgehead atoms. The van der Waals surface area contributed by atoms with E-state index in [0.717, 1.165) is 43.9 Å². The highest BCUT2D eigenvalue weighted by molar-refractivity contribution is 5.94. The Bertz CT molecular complexity index is 959. The lowest BCUT2D eigenvalue weighted by Gasteiger charge is -2.32. The lowest BCUT2D eigenvalue weighted by Crippen LogP contribution is -2.38. The topological polar surface area (TPSA) is 56.0 Å². The largest absolute Gasteiger partial charge is 0.348 e. The molecule has 1 amide bonds. The van der Waals surface area contributed by atoms with Crippen LogP contribution in [0.25, 0.3) is 0 Å². The molecule has 3 aromatic heterocycles. The summed E-state index contributed by atoms with van der Waals surface area (Å²) in [5, 5.41) is 0. The van der Waals surface area contributed by atoms with Gasteiger partial charge in [0.1, 0.15) is 5.82 Å². The number of nitrogens with zero attached hydrogens (tertiary/aromatic N) is 5. The van der Waals surface area contributed by atoms with E-state index in [1.165, 1.54) is 5.56 Å². The SMILES string of the molecule is CC(C)(C)n1ccc(C(=O)N2CCC(c3nccn3Cc3ccncc3)CC2)c1. The molecule has 1 fully saturated rings. The van der Waals surface area contributed by atoms with E-state index in [4.69, 9.17) is 0 Å². The summed E-state index contributed by atoms with van der Waals surface area (Å²) in [5.74, 6) is 1.63. The van der Waals surface area contributed by atoms with Gasteiger partial charge >= 0.3 is 0 Å². The Balaban J connectivity index is 1.39. The number of amides is 1. The van der Waals surface area contributed by atoms with Gasteiger partial charge in [-0.25, -0.2) is 4.98 Å². The van der Waals surface area contributed by atoms with Gasteiger partial charge in [0.05, 0.1) is 5.56 Å². The van der Waals surface area contributed by atoms with Crippen LogP contribution < -0.4 is 0 Å². The van der Waals surface area contributed by atoms with Crippen molar-refractivity contribution in [2.45, 2.75) is 51.6 Å². The van der Waals surface area contributed by atoms with Crippen molar-refractivity contribution in [3.8, 4) is 0 Å². The number of likely N-dealkylation sites (tertiary alicyclic amines) is 1. The fourth-order valence-electron chi connectivity index (χ4n) is 3.96. The summed E-state index contributed by atoms with van der Waals surface area (Å²) in [6.07, 6.45) is 13.4. The Labute approximate surface area is 172 Å². The molecule has 1 aliphatic heterocycles. The van der Waals surface area contributed by atoms with Gasteiger partial charge < -0.3 is 14.0 Å². The summed E-state index contributed by atoms with van der Waals surface area (Å²) in [6, 6.07) is 6.00. The Morgan fingerprint density at radius 3 is 2.45 bits per heavy atom. The first kappa shape index (κ1) is 19.4. The smallest absolute Gasteiger partial charge is 0.255 e. The molecule has 6 nitrogen and oxygen atoms in total. The number of imidazole rings is 1. The Hall–Kier alpha value is -2.89. The minimum Gasteiger partial charge on any atom is -0.348 e. The van der Waals surface area contributed by atoms with Gasteiger partial charge in [-0.3, -0.25) is 9.78 Å². The number of hydrogen-bond acceptors (Lipinski definition) is 3. The zero-order chi connectivity index (χ0) is 20.4. The van der Waals surface area contributed by atoms with E-state index in [0.29, 0.717) is 5.92 Å². The summed E-state index contributed by atoms with van der Waals surface area (Å²) in [5.41, 5.74) is 1.98. The zero-order valence-corrected chi connectivity index (χ0v) is 17.5. The maximum atomic E-state index is 12.9. The zero-order valence-electron chi connectivity index (χ0n) is 17.5. The monoisotopic (exact) mass is 391 g/mol. The summed E-state index contributed by atoms with van der Waals surface area (Å²) < 4.78 is 4.32. The van der Waals surface area contributed by atoms with Gasteiger partial charge in [-0.05, 0) is 57.4 Å². The molecule has 0 unspecified atom stereocenters. The number of pyridine rings is 1. The minimum absolute atomic E-state index is 0.0165. The lowest BCUT2D eigenvalue weighted by atomic mass is 9.95. The predicted octanol–water partition coefficient (Wildman–Crippen LogP) is 3.90. The van der Waals surface area contributed by atoms with E-state index in [-0.39, 0.29) is 11.4 Å². The maximum Gasteiger partial charge on any atom is 0.255 e. The van der Waals surface area contributed by atoms with Gasteiger partial charge in [-0.2, -0.15) is 0 Å². The van der Waals surface area contributed by atoms with Crippen molar-refractivity contribution in [1.29, 1.82) is 0 Å². The van der Waals surface area contributed by atoms with Crippen molar-refractivity contribution >= 4 is 5.91 Å². The Morgan fingerprint density at radius 2 is 1.79 bits per heavy atom. The van der Waals surface area contributed by atoms with Crippen LogP contribution in [0, 0.1) is 0 Å². The third kappa shape index (κ3) is 4.26. The van der Waals surface area contributed by atoms with E-state index in [1.807, 2.05) is 60.3 Å². The van der Waals surface area contributed by atoms with Crippen LogP contribution in [0.5, 0.6) is 0 Å². The van der Waals surface area contributed by atoms with Gasteiger partial charge in [0.15, 0.2) is 0 Å². The standard InChI is InChI=1S/C23H29N5O/c1-23(2,3)28-14-8-20(17-28)22(29)26-12-6-19(7-13-26)21-25-11-15-27(21)16-18-4-9-24-10-5-18/h4-5,8-11,14-15,17,19H,6-7,12-13,16H2,1-3H3. The predicted molar refractivity (Wildman–Crippen MR) is 113 cm³/mol. The third-order valence-electron chi connectivity index (χ3n) is 5.71. The highest BCUT2D eigenvalue weighted by Crippen LogP contribution is 2.28. The molecular formula is C23H29N5O. The summed E-state index contributed by atoms with van der Waals surface area (Å²) >= 11 is 0. The van der Waals surface area contributed by atoms with E-state index in [1.54, 1.807) is 0 Å². The van der Waals surface area contributed by atoms with E-state index >= 15 is 0 Å². The second kappa shape index (κ2) is 7.85. The molecule has 1 saturated heterocycles. The average Bonchev–Trinajstić information content (AvgIpc) is 3.38. The van der Waals surface area contributed by atoms with Gasteiger partial charge in [0.2, 0.25) is 0 Å². The molecule has 0 aliphatic carbocycles. The van der Waals surface area contributed by atoms with Crippen molar-refractivity contribution in [2.75, 3.05) is 13.1 Å². The van der Waals surface area contributed by atoms with Crippen molar-refractivity contribution in [2.24, 2.45) is 0 Å². The average molecular weight is 392 g/mol. The van der Waals surface area contributed by atoms with E-state index in [9.17, 15) is 4.79 Å². The highest BCUT2D eigenvalue weighted by Gasteiger charge is 2.27. The lowest BCUT2D eigenvalue weighted by molar-refractivity contribution is 0.0710. The molecule has 0 saturated carbocycles. The van der Waals surface area contributed by atoms with Crippen LogP contribution in [-0.4, -0.2) is 43.0 Å². The molecule has 6 heteroatoms. The fraction of sp³-hybridized carbons (Fsp3) is 0.435. The first-order valence-corrected chi connectivity index (χ1v) is 10.3. The Morgan fingerprint density at radius 1 is 1.07 bits per heavy atom. The molecule has 4 heterocycles. The second-order valence-corrected chi connectivity index (χ2v) is 8.81. The second-order valence-electron chi connectivity index (χ2n) is 8.81. The summed E-state index contributed by atoms with van der Waals surface area (Å²) in [4.78, 5) is 23.6. The molecule has 3 aromatic rings. The van der Waals surface area contributed by atoms with Crippen molar-refractivity contribution in [1.82, 2.24) is 24.0 Å². The first-order chi connectivity index (χ1) is 13.9. The normalized spacial score (nSPS) is 15.6. The van der Waals surface area contributed by atoms with Crippen molar-refractivity contribution < 1.29 is 4.79 Å². The number of carbonyl (C=O) groups excluding carboxylic acids is 1. The van der Waals surface area contributed by atoms with Gasteiger partial charge in [0.25, 0.3) is 5.91 Å². The molecule has 29 heavy (non-hydrogen) atoms. The van der Waals surface area contributed by atoms with Crippen LogP contribution in [0.4, 0.5) is 0 Å². The summed E-state index contributed by atoms with van der Waals surface area (Å²) in [6.45, 7) is 8.76. The molecule has 0 spiro atoms. The van der Waals surface area contributed by atoms with Crippen molar-refractivity contribution in [3.63, 3.8) is 0 Å². The van der Waals surface area contributed by atoms with Crippen LogP contribution in [0.2, 0.25) is 0 Å². The molecule has 4 rings (SSSR count). The highest BCUT2D eigenvalue weighted by atomic mass is 16.2. The maximum absolute atomic E-state index is 12.9. The number of piperidine rings is 1. The fourth-order valence-corrected chi connectivity index (χ4v) is 3.96. The molecule has 152 valence electrons. The minimum atomic E-state index is -0.0165. The first-order valence-electron chi connectivity index (χ1n) is 10.3. The quantitative estimate of drug-likeness (QED) is 0.678. The number of hydrogen-bond donors (Lipinski definition) is 0. The van der Waals surface area contributed by atoms with Crippen LogP contribution >= 0.6 is 0 Å². The number of rotatable bonds is 4. The van der Waals surface area contributed by atoms with Crippen LogP contribution in [0.15, 0.2) is 55.4 Å². The van der Waals surface area contributed by atoms with Crippen LogP contribution in [0.3, 0.4) is 0 Å². The number of carbonyl (C=O) groups is 1. The van der Waals surface area contributed by atoms with E-state index < -0.39 is 0 Å². The van der Waals surface area contributed by atoms with Crippen molar-refractivity contribution in [3.05, 3.63) is 72.3 Å². The van der Waals surface area contributed by atoms with Crippen LogP contribution in [-0.2, 0) is 12.1 Å². The van der Waals surface area contributed by atoms with Gasteiger partial charge in [-0.1, -0.05) is 0 Å². The third-order valence-corrected chi connectivity index (χ3v) is 5.71. The molecule has 0 aromatic carbocycles.